The highest BCUT2D eigenvalue weighted by molar-refractivity contribution is 5.77. The number of nitrogens with zero attached hydrogens (tertiary/aromatic N) is 2. The fraction of sp³-hybridized carbons (Fsp3) is 0.545. The summed E-state index contributed by atoms with van der Waals surface area (Å²) >= 11 is 0. The molecule has 0 aromatic carbocycles. The van der Waals surface area contributed by atoms with Crippen LogP contribution < -0.4 is 16.2 Å². The van der Waals surface area contributed by atoms with Crippen LogP contribution in [0.5, 0.6) is 0 Å². The fourth-order valence-corrected chi connectivity index (χ4v) is 1.55. The van der Waals surface area contributed by atoms with Crippen LogP contribution in [0.4, 0.5) is 5.82 Å². The highest BCUT2D eigenvalue weighted by Gasteiger charge is 2.13. The van der Waals surface area contributed by atoms with E-state index in [1.807, 2.05) is 4.90 Å². The molecule has 4 N–H and O–H groups in total. The van der Waals surface area contributed by atoms with Gasteiger partial charge in [-0.05, 0) is 5.92 Å². The average molecular weight is 237 g/mol. The molecular weight excluding hydrogens is 218 g/mol. The predicted molar refractivity (Wildman–Crippen MR) is 68.4 cm³/mol. The molecule has 0 aliphatic heterocycles. The largest absolute Gasteiger partial charge is 0.388 e. The Balaban J connectivity index is 2.86. The summed E-state index contributed by atoms with van der Waals surface area (Å²) in [6, 6.07) is 0. The monoisotopic (exact) mass is 237 g/mol. The third-order valence-electron chi connectivity index (χ3n) is 2.23. The molecule has 0 amide bonds. The Morgan fingerprint density at radius 2 is 2.35 bits per heavy atom. The lowest BCUT2D eigenvalue weighted by Gasteiger charge is -2.24. The van der Waals surface area contributed by atoms with Crippen LogP contribution >= 0.6 is 0 Å². The van der Waals surface area contributed by atoms with Crippen LogP contribution in [0.1, 0.15) is 20.3 Å². The fourth-order valence-electron chi connectivity index (χ4n) is 1.55. The van der Waals surface area contributed by atoms with Gasteiger partial charge in [0.15, 0.2) is 5.82 Å². The minimum atomic E-state index is -0.211. The van der Waals surface area contributed by atoms with Crippen molar-refractivity contribution in [1.29, 1.82) is 5.41 Å². The molecule has 17 heavy (non-hydrogen) atoms. The van der Waals surface area contributed by atoms with Crippen molar-refractivity contribution in [2.24, 2.45) is 11.7 Å². The summed E-state index contributed by atoms with van der Waals surface area (Å²) in [5.74, 6) is 0.914. The van der Waals surface area contributed by atoms with E-state index < -0.39 is 0 Å². The number of hydrogen-bond acceptors (Lipinski definition) is 4. The third kappa shape index (κ3) is 4.26. The number of rotatable bonds is 6. The summed E-state index contributed by atoms with van der Waals surface area (Å²) in [6.45, 7) is 5.39. The van der Waals surface area contributed by atoms with Crippen molar-refractivity contribution in [2.45, 2.75) is 20.3 Å². The van der Waals surface area contributed by atoms with Crippen molar-refractivity contribution < 1.29 is 0 Å². The molecule has 0 bridgehead atoms. The van der Waals surface area contributed by atoms with Gasteiger partial charge in [0.25, 0.3) is 5.56 Å². The Hall–Kier alpha value is -1.85. The SMILES string of the molecule is CC(C)CN(CCC(=N)N)c1ncc[nH]c1=O. The molecule has 0 atom stereocenters. The number of aromatic nitrogens is 2. The van der Waals surface area contributed by atoms with Crippen LogP contribution in [-0.2, 0) is 0 Å². The summed E-state index contributed by atoms with van der Waals surface area (Å²) in [5, 5.41) is 7.23. The van der Waals surface area contributed by atoms with Crippen LogP contribution in [0, 0.1) is 11.3 Å². The molecule has 6 nitrogen and oxygen atoms in total. The molecule has 6 heteroatoms. The van der Waals surface area contributed by atoms with E-state index in [9.17, 15) is 4.79 Å². The number of hydrogen-bond donors (Lipinski definition) is 3. The van der Waals surface area contributed by atoms with Gasteiger partial charge in [-0.25, -0.2) is 4.98 Å². The van der Waals surface area contributed by atoms with Crippen molar-refractivity contribution in [3.63, 3.8) is 0 Å². The van der Waals surface area contributed by atoms with E-state index in [0.29, 0.717) is 31.2 Å². The molecule has 0 unspecified atom stereocenters. The smallest absolute Gasteiger partial charge is 0.290 e. The van der Waals surface area contributed by atoms with Crippen LogP contribution in [0.25, 0.3) is 0 Å². The normalized spacial score (nSPS) is 10.5. The summed E-state index contributed by atoms with van der Waals surface area (Å²) < 4.78 is 0. The second-order valence-corrected chi connectivity index (χ2v) is 4.36. The number of nitrogens with one attached hydrogen (secondary N) is 2. The maximum atomic E-state index is 11.6. The lowest BCUT2D eigenvalue weighted by molar-refractivity contribution is 0.606. The molecule has 0 aliphatic rings. The van der Waals surface area contributed by atoms with Crippen molar-refractivity contribution in [3.05, 3.63) is 22.7 Å². The zero-order valence-corrected chi connectivity index (χ0v) is 10.2. The van der Waals surface area contributed by atoms with E-state index in [1.54, 1.807) is 6.20 Å². The molecule has 0 spiro atoms. The molecule has 0 saturated heterocycles. The third-order valence-corrected chi connectivity index (χ3v) is 2.23. The van der Waals surface area contributed by atoms with Gasteiger partial charge in [0, 0.05) is 31.9 Å². The van der Waals surface area contributed by atoms with E-state index >= 15 is 0 Å². The molecular formula is C11H19N5O. The average Bonchev–Trinajstić information content (AvgIpc) is 2.24. The van der Waals surface area contributed by atoms with Gasteiger partial charge in [0.2, 0.25) is 0 Å². The van der Waals surface area contributed by atoms with Gasteiger partial charge in [-0.1, -0.05) is 13.8 Å². The summed E-state index contributed by atoms with van der Waals surface area (Å²) in [5.41, 5.74) is 5.13. The Labute approximate surface area is 100 Å². The lowest BCUT2D eigenvalue weighted by atomic mass is 10.2. The molecule has 1 aromatic rings. The minimum absolute atomic E-state index is 0.117. The molecule has 94 valence electrons. The maximum absolute atomic E-state index is 11.6. The molecule has 0 saturated carbocycles. The van der Waals surface area contributed by atoms with Gasteiger partial charge < -0.3 is 15.6 Å². The first kappa shape index (κ1) is 13.2. The van der Waals surface area contributed by atoms with Crippen molar-refractivity contribution in [1.82, 2.24) is 9.97 Å². The van der Waals surface area contributed by atoms with Crippen LogP contribution in [0.2, 0.25) is 0 Å². The number of amidine groups is 1. The quantitative estimate of drug-likeness (QED) is 0.497. The Morgan fingerprint density at radius 3 is 2.88 bits per heavy atom. The van der Waals surface area contributed by atoms with Crippen molar-refractivity contribution >= 4 is 11.7 Å². The molecule has 1 rings (SSSR count). The van der Waals surface area contributed by atoms with Crippen LogP contribution in [-0.4, -0.2) is 28.9 Å². The highest BCUT2D eigenvalue weighted by atomic mass is 16.1. The predicted octanol–water partition coefficient (Wildman–Crippen LogP) is 0.558. The Bertz CT molecular complexity index is 426. The Kier molecular flexibility index (Phi) is 4.68. The first-order chi connectivity index (χ1) is 8.00. The number of aromatic amines is 1. The first-order valence-electron chi connectivity index (χ1n) is 5.62. The number of anilines is 1. The minimum Gasteiger partial charge on any atom is -0.388 e. The lowest BCUT2D eigenvalue weighted by Crippen LogP contribution is -2.35. The van der Waals surface area contributed by atoms with Crippen LogP contribution in [0.15, 0.2) is 17.2 Å². The van der Waals surface area contributed by atoms with E-state index in [1.165, 1.54) is 6.20 Å². The summed E-state index contributed by atoms with van der Waals surface area (Å²) in [4.78, 5) is 20.2. The van der Waals surface area contributed by atoms with Gasteiger partial charge in [0.1, 0.15) is 0 Å². The second kappa shape index (κ2) is 6.03. The zero-order valence-electron chi connectivity index (χ0n) is 10.2. The summed E-state index contributed by atoms with van der Waals surface area (Å²) in [7, 11) is 0. The molecule has 0 aliphatic carbocycles. The molecule has 1 heterocycles. The van der Waals surface area contributed by atoms with Crippen LogP contribution in [0.3, 0.4) is 0 Å². The van der Waals surface area contributed by atoms with Gasteiger partial charge in [-0.3, -0.25) is 10.2 Å². The first-order valence-corrected chi connectivity index (χ1v) is 5.62. The topological polar surface area (TPSA) is 98.9 Å². The number of nitrogens with two attached hydrogens (primary N) is 1. The van der Waals surface area contributed by atoms with Crippen molar-refractivity contribution in [3.8, 4) is 0 Å². The molecule has 1 aromatic heterocycles. The second-order valence-electron chi connectivity index (χ2n) is 4.36. The molecule has 0 radical (unpaired) electrons. The standard InChI is InChI=1S/C11H19N5O/c1-8(2)7-16(6-3-9(12)13)10-11(17)15-5-4-14-10/h4-5,8H,3,6-7H2,1-2H3,(H3,12,13)(H,15,17). The zero-order chi connectivity index (χ0) is 12.8. The maximum Gasteiger partial charge on any atom is 0.290 e. The highest BCUT2D eigenvalue weighted by Crippen LogP contribution is 2.07. The van der Waals surface area contributed by atoms with Crippen molar-refractivity contribution in [2.75, 3.05) is 18.0 Å². The van der Waals surface area contributed by atoms with Gasteiger partial charge in [-0.2, -0.15) is 0 Å². The van der Waals surface area contributed by atoms with E-state index in [2.05, 4.69) is 23.8 Å². The van der Waals surface area contributed by atoms with Gasteiger partial charge in [-0.15, -0.1) is 0 Å². The van der Waals surface area contributed by atoms with E-state index in [-0.39, 0.29) is 11.4 Å². The molecule has 0 fully saturated rings. The van der Waals surface area contributed by atoms with Gasteiger partial charge >= 0.3 is 0 Å². The van der Waals surface area contributed by atoms with E-state index in [0.717, 1.165) is 0 Å². The number of H-pyrrole nitrogens is 1. The Morgan fingerprint density at radius 1 is 1.65 bits per heavy atom. The van der Waals surface area contributed by atoms with Gasteiger partial charge in [0.05, 0.1) is 5.84 Å². The van der Waals surface area contributed by atoms with E-state index in [4.69, 9.17) is 11.1 Å². The summed E-state index contributed by atoms with van der Waals surface area (Å²) in [6.07, 6.45) is 3.49.